The van der Waals surface area contributed by atoms with Gasteiger partial charge in [0, 0.05) is 11.3 Å². The number of ether oxygens (including phenoxy) is 2. The highest BCUT2D eigenvalue weighted by Crippen LogP contribution is 2.40. The quantitative estimate of drug-likeness (QED) is 0.836. The molecule has 3 rings (SSSR count). The minimum absolute atomic E-state index is 0.351. The first kappa shape index (κ1) is 16.0. The lowest BCUT2D eigenvalue weighted by atomic mass is 9.88. The summed E-state index contributed by atoms with van der Waals surface area (Å²) in [5, 5.41) is 14.6. The lowest BCUT2D eigenvalue weighted by molar-refractivity contribution is -0.148. The van der Waals surface area contributed by atoms with Gasteiger partial charge in [-0.05, 0) is 22.9 Å². The first-order chi connectivity index (χ1) is 11.7. The largest absolute Gasteiger partial charge is 0.496 e. The molecule has 0 radical (unpaired) electrons. The monoisotopic (exact) mass is 329 g/mol. The summed E-state index contributed by atoms with van der Waals surface area (Å²) >= 11 is 0. The molecule has 1 N–H and O–H groups in total. The van der Waals surface area contributed by atoms with E-state index in [1.165, 1.54) is 0 Å². The number of carbonyl (C=O) groups is 1. The van der Waals surface area contributed by atoms with Crippen LogP contribution in [0.1, 0.15) is 24.9 Å². The van der Waals surface area contributed by atoms with Crippen LogP contribution >= 0.6 is 0 Å². The van der Waals surface area contributed by atoms with E-state index in [9.17, 15) is 4.79 Å². The van der Waals surface area contributed by atoms with Crippen molar-refractivity contribution in [2.45, 2.75) is 19.4 Å². The Bertz CT molecular complexity index is 758. The number of nitrogens with one attached hydrogen (secondary N) is 1. The van der Waals surface area contributed by atoms with Gasteiger partial charge in [0.25, 0.3) is 0 Å². The summed E-state index contributed by atoms with van der Waals surface area (Å²) in [5.41, 5.74) is 1.28. The zero-order valence-corrected chi connectivity index (χ0v) is 13.6. The molecule has 2 atom stereocenters. The van der Waals surface area contributed by atoms with Crippen molar-refractivity contribution in [3.63, 3.8) is 0 Å². The second-order valence-corrected chi connectivity index (χ2v) is 5.43. The van der Waals surface area contributed by atoms with Crippen LogP contribution in [-0.4, -0.2) is 39.9 Å². The van der Waals surface area contributed by atoms with Crippen LogP contribution in [0, 0.1) is 5.92 Å². The Morgan fingerprint density at radius 1 is 1.42 bits per heavy atom. The number of para-hydroxylation sites is 1. The minimum Gasteiger partial charge on any atom is -0.496 e. The van der Waals surface area contributed by atoms with E-state index in [1.807, 2.05) is 31.2 Å². The smallest absolute Gasteiger partial charge is 0.317 e. The molecule has 1 aliphatic heterocycles. The Hall–Kier alpha value is -2.90. The molecule has 2 heterocycles. The van der Waals surface area contributed by atoms with Crippen LogP contribution in [0.2, 0.25) is 0 Å². The number of esters is 1. The Balaban J connectivity index is 2.09. The predicted molar refractivity (Wildman–Crippen MR) is 86.5 cm³/mol. The van der Waals surface area contributed by atoms with Crippen LogP contribution in [-0.2, 0) is 9.53 Å². The number of carbonyl (C=O) groups excluding carboxylic acids is 1. The molecule has 0 saturated carbocycles. The highest BCUT2D eigenvalue weighted by molar-refractivity contribution is 5.79. The molecule has 24 heavy (non-hydrogen) atoms. The molecule has 0 aliphatic carbocycles. The molecule has 0 bridgehead atoms. The summed E-state index contributed by atoms with van der Waals surface area (Å²) < 4.78 is 12.4. The molecule has 2 aromatic rings. The average Bonchev–Trinajstić information content (AvgIpc) is 3.06. The first-order valence-electron chi connectivity index (χ1n) is 7.70. The van der Waals surface area contributed by atoms with Gasteiger partial charge in [0.2, 0.25) is 5.95 Å². The Kier molecular flexibility index (Phi) is 4.45. The topological polar surface area (TPSA) is 91.2 Å². The molecule has 0 saturated heterocycles. The molecule has 0 unspecified atom stereocenters. The standard InChI is InChI=1S/C16H19N5O3/c1-4-9-24-15(22)13-10(2)17-16-18-19-20-21(16)14(13)11-7-5-6-8-12(11)23-3/h5-8,13-14H,2,4,9H2,1,3H3,(H,17,18,20)/t13-,14+/m0/s1. The Morgan fingerprint density at radius 2 is 2.21 bits per heavy atom. The number of hydrogen-bond acceptors (Lipinski definition) is 7. The highest BCUT2D eigenvalue weighted by atomic mass is 16.5. The number of aromatic nitrogens is 4. The first-order valence-corrected chi connectivity index (χ1v) is 7.70. The number of nitrogens with zero attached hydrogens (tertiary/aromatic N) is 4. The lowest BCUT2D eigenvalue weighted by Crippen LogP contribution is -2.38. The molecule has 8 heteroatoms. The maximum absolute atomic E-state index is 12.6. The van der Waals surface area contributed by atoms with Crippen LogP contribution in [0.4, 0.5) is 5.95 Å². The molecule has 0 fully saturated rings. The normalized spacial score (nSPS) is 19.3. The fourth-order valence-corrected chi connectivity index (χ4v) is 2.80. The van der Waals surface area contributed by atoms with E-state index >= 15 is 0 Å². The van der Waals surface area contributed by atoms with E-state index in [1.54, 1.807) is 11.8 Å². The van der Waals surface area contributed by atoms with Gasteiger partial charge in [-0.1, -0.05) is 36.8 Å². The molecule has 126 valence electrons. The minimum atomic E-state index is -0.663. The molecular weight excluding hydrogens is 310 g/mol. The number of hydrogen-bond donors (Lipinski definition) is 1. The van der Waals surface area contributed by atoms with Crippen molar-refractivity contribution in [1.82, 2.24) is 20.2 Å². The van der Waals surface area contributed by atoms with E-state index in [-0.39, 0.29) is 5.97 Å². The summed E-state index contributed by atoms with van der Waals surface area (Å²) in [4.78, 5) is 12.6. The van der Waals surface area contributed by atoms with Crippen molar-refractivity contribution < 1.29 is 14.3 Å². The fourth-order valence-electron chi connectivity index (χ4n) is 2.80. The molecular formula is C16H19N5O3. The third-order valence-electron chi connectivity index (χ3n) is 3.88. The van der Waals surface area contributed by atoms with Crippen LogP contribution in [0.25, 0.3) is 0 Å². The molecule has 1 aromatic carbocycles. The molecule has 8 nitrogen and oxygen atoms in total. The fraction of sp³-hybridized carbons (Fsp3) is 0.375. The molecule has 1 aromatic heterocycles. The zero-order valence-electron chi connectivity index (χ0n) is 13.6. The Morgan fingerprint density at radius 3 is 2.96 bits per heavy atom. The van der Waals surface area contributed by atoms with Crippen LogP contribution in [0.5, 0.6) is 5.75 Å². The predicted octanol–water partition coefficient (Wildman–Crippen LogP) is 1.78. The van der Waals surface area contributed by atoms with Crippen molar-refractivity contribution in [2.75, 3.05) is 19.0 Å². The summed E-state index contributed by atoms with van der Waals surface area (Å²) in [5.74, 6) is 0.0395. The number of methoxy groups -OCH3 is 1. The summed E-state index contributed by atoms with van der Waals surface area (Å²) in [6, 6.07) is 6.96. The SMILES string of the molecule is C=C1Nc2nnnn2[C@H](c2ccccc2OC)[C@H]1C(=O)OCCC. The maximum atomic E-state index is 12.6. The summed E-state index contributed by atoms with van der Waals surface area (Å²) in [6.07, 6.45) is 0.744. The maximum Gasteiger partial charge on any atom is 0.317 e. The number of fused-ring (bicyclic) bond motifs is 1. The summed E-state index contributed by atoms with van der Waals surface area (Å²) in [6.45, 7) is 6.27. The van der Waals surface area contributed by atoms with E-state index in [0.717, 1.165) is 12.0 Å². The van der Waals surface area contributed by atoms with Gasteiger partial charge in [-0.25, -0.2) is 4.68 Å². The average molecular weight is 329 g/mol. The van der Waals surface area contributed by atoms with Gasteiger partial charge in [-0.3, -0.25) is 4.79 Å². The molecule has 1 aliphatic rings. The second kappa shape index (κ2) is 6.69. The van der Waals surface area contributed by atoms with Gasteiger partial charge in [0.05, 0.1) is 13.7 Å². The van der Waals surface area contributed by atoms with Crippen molar-refractivity contribution in [2.24, 2.45) is 5.92 Å². The van der Waals surface area contributed by atoms with E-state index in [2.05, 4.69) is 27.4 Å². The van der Waals surface area contributed by atoms with Gasteiger partial charge in [-0.2, -0.15) is 0 Å². The summed E-state index contributed by atoms with van der Waals surface area (Å²) in [7, 11) is 1.58. The van der Waals surface area contributed by atoms with E-state index in [4.69, 9.17) is 9.47 Å². The Labute approximate surface area is 139 Å². The number of rotatable bonds is 5. The van der Waals surface area contributed by atoms with E-state index in [0.29, 0.717) is 24.0 Å². The van der Waals surface area contributed by atoms with Gasteiger partial charge in [0.1, 0.15) is 17.7 Å². The van der Waals surface area contributed by atoms with Crippen LogP contribution in [0.3, 0.4) is 0 Å². The number of anilines is 1. The third kappa shape index (κ3) is 2.70. The van der Waals surface area contributed by atoms with Crippen molar-refractivity contribution >= 4 is 11.9 Å². The molecule has 0 spiro atoms. The van der Waals surface area contributed by atoms with Crippen molar-refractivity contribution in [3.8, 4) is 5.75 Å². The third-order valence-corrected chi connectivity index (χ3v) is 3.88. The van der Waals surface area contributed by atoms with Crippen LogP contribution < -0.4 is 10.1 Å². The van der Waals surface area contributed by atoms with Crippen molar-refractivity contribution in [1.29, 1.82) is 0 Å². The highest BCUT2D eigenvalue weighted by Gasteiger charge is 2.42. The zero-order chi connectivity index (χ0) is 17.1. The van der Waals surface area contributed by atoms with Crippen LogP contribution in [0.15, 0.2) is 36.5 Å². The number of benzene rings is 1. The molecule has 0 amide bonds. The number of tetrazole rings is 1. The van der Waals surface area contributed by atoms with Gasteiger partial charge < -0.3 is 14.8 Å². The lowest BCUT2D eigenvalue weighted by Gasteiger charge is -2.33. The second-order valence-electron chi connectivity index (χ2n) is 5.43. The van der Waals surface area contributed by atoms with E-state index < -0.39 is 12.0 Å². The van der Waals surface area contributed by atoms with Crippen molar-refractivity contribution in [3.05, 3.63) is 42.1 Å². The van der Waals surface area contributed by atoms with Gasteiger partial charge in [-0.15, -0.1) is 0 Å². The van der Waals surface area contributed by atoms with Gasteiger partial charge >= 0.3 is 5.97 Å². The van der Waals surface area contributed by atoms with Gasteiger partial charge in [0.15, 0.2) is 0 Å².